The number of hydrogen-bond acceptors (Lipinski definition) is 4. The average Bonchev–Trinajstić information content (AvgIpc) is 2.30. The summed E-state index contributed by atoms with van der Waals surface area (Å²) in [6.07, 6.45) is -0.0397. The average molecular weight is 286 g/mol. The van der Waals surface area contributed by atoms with Gasteiger partial charge in [0, 0.05) is 0 Å². The fourth-order valence-electron chi connectivity index (χ4n) is 1.39. The standard InChI is InChI=1S/C13H18O5S/c1-10(2)19(16,17)8-7-18-12-5-3-11(4-6-12)9-13(14)15/h3-6,10H,7-9H2,1-2H3,(H,14,15). The van der Waals surface area contributed by atoms with Crippen LogP contribution in [0.1, 0.15) is 19.4 Å². The molecule has 106 valence electrons. The molecule has 0 aromatic heterocycles. The van der Waals surface area contributed by atoms with Gasteiger partial charge in [-0.25, -0.2) is 8.42 Å². The van der Waals surface area contributed by atoms with Gasteiger partial charge in [-0.15, -0.1) is 0 Å². The quantitative estimate of drug-likeness (QED) is 0.822. The first-order valence-electron chi connectivity index (χ1n) is 5.96. The first-order valence-corrected chi connectivity index (χ1v) is 7.68. The Morgan fingerprint density at radius 3 is 2.32 bits per heavy atom. The molecule has 0 bridgehead atoms. The van der Waals surface area contributed by atoms with Crippen molar-refractivity contribution in [3.63, 3.8) is 0 Å². The van der Waals surface area contributed by atoms with E-state index in [-0.39, 0.29) is 18.8 Å². The van der Waals surface area contributed by atoms with Crippen LogP contribution in [-0.4, -0.2) is 37.1 Å². The molecule has 5 nitrogen and oxygen atoms in total. The van der Waals surface area contributed by atoms with Crippen molar-refractivity contribution in [2.75, 3.05) is 12.4 Å². The number of carbonyl (C=O) groups is 1. The molecule has 0 radical (unpaired) electrons. The maximum atomic E-state index is 11.6. The van der Waals surface area contributed by atoms with Crippen molar-refractivity contribution < 1.29 is 23.1 Å². The van der Waals surface area contributed by atoms with Crippen LogP contribution in [0.3, 0.4) is 0 Å². The van der Waals surface area contributed by atoms with Crippen LogP contribution in [-0.2, 0) is 21.1 Å². The van der Waals surface area contributed by atoms with Crippen LogP contribution < -0.4 is 4.74 Å². The van der Waals surface area contributed by atoms with Gasteiger partial charge < -0.3 is 9.84 Å². The maximum absolute atomic E-state index is 11.6. The van der Waals surface area contributed by atoms with Gasteiger partial charge in [0.15, 0.2) is 9.84 Å². The molecule has 0 amide bonds. The number of sulfone groups is 1. The maximum Gasteiger partial charge on any atom is 0.307 e. The Balaban J connectivity index is 2.49. The van der Waals surface area contributed by atoms with Crippen molar-refractivity contribution in [2.45, 2.75) is 25.5 Å². The van der Waals surface area contributed by atoms with E-state index in [0.29, 0.717) is 11.3 Å². The molecule has 6 heteroatoms. The molecule has 1 N–H and O–H groups in total. The molecule has 0 saturated heterocycles. The van der Waals surface area contributed by atoms with E-state index in [0.717, 1.165) is 0 Å². The van der Waals surface area contributed by atoms with Gasteiger partial charge in [-0.3, -0.25) is 4.79 Å². The summed E-state index contributed by atoms with van der Waals surface area (Å²) in [5.74, 6) is -0.383. The number of ether oxygens (including phenoxy) is 1. The highest BCUT2D eigenvalue weighted by Gasteiger charge is 2.15. The topological polar surface area (TPSA) is 80.7 Å². The van der Waals surface area contributed by atoms with Gasteiger partial charge in [-0.1, -0.05) is 12.1 Å². The molecule has 1 rings (SSSR count). The molecular weight excluding hydrogens is 268 g/mol. The molecule has 0 heterocycles. The lowest BCUT2D eigenvalue weighted by Gasteiger charge is -2.09. The highest BCUT2D eigenvalue weighted by Crippen LogP contribution is 2.13. The molecule has 0 atom stereocenters. The summed E-state index contributed by atoms with van der Waals surface area (Å²) >= 11 is 0. The molecule has 1 aromatic rings. The Hall–Kier alpha value is -1.56. The molecule has 0 spiro atoms. The predicted molar refractivity (Wildman–Crippen MR) is 72.2 cm³/mol. The highest BCUT2D eigenvalue weighted by atomic mass is 32.2. The molecule has 1 aromatic carbocycles. The number of carboxylic acids is 1. The van der Waals surface area contributed by atoms with Crippen LogP contribution in [0.5, 0.6) is 5.75 Å². The third-order valence-electron chi connectivity index (χ3n) is 2.63. The lowest BCUT2D eigenvalue weighted by molar-refractivity contribution is -0.136. The summed E-state index contributed by atoms with van der Waals surface area (Å²) in [6.45, 7) is 3.37. The van der Waals surface area contributed by atoms with E-state index in [1.807, 2.05) is 0 Å². The Bertz CT molecular complexity index is 516. The van der Waals surface area contributed by atoms with E-state index < -0.39 is 21.1 Å². The molecule has 0 saturated carbocycles. The van der Waals surface area contributed by atoms with Crippen molar-refractivity contribution in [1.29, 1.82) is 0 Å². The Morgan fingerprint density at radius 1 is 1.26 bits per heavy atom. The fraction of sp³-hybridized carbons (Fsp3) is 0.462. The molecule has 0 aliphatic rings. The normalized spacial score (nSPS) is 11.5. The molecule has 0 aliphatic carbocycles. The van der Waals surface area contributed by atoms with Crippen molar-refractivity contribution in [3.05, 3.63) is 29.8 Å². The van der Waals surface area contributed by atoms with Gasteiger partial charge in [0.25, 0.3) is 0 Å². The second-order valence-electron chi connectivity index (χ2n) is 4.48. The lowest BCUT2D eigenvalue weighted by atomic mass is 10.1. The van der Waals surface area contributed by atoms with Crippen LogP contribution in [0.15, 0.2) is 24.3 Å². The zero-order chi connectivity index (χ0) is 14.5. The second kappa shape index (κ2) is 6.56. The second-order valence-corrected chi connectivity index (χ2v) is 7.16. The summed E-state index contributed by atoms with van der Waals surface area (Å²) in [5, 5.41) is 8.21. The van der Waals surface area contributed by atoms with Crippen molar-refractivity contribution in [3.8, 4) is 5.75 Å². The van der Waals surface area contributed by atoms with Crippen LogP contribution in [0, 0.1) is 0 Å². The van der Waals surface area contributed by atoms with Crippen molar-refractivity contribution in [1.82, 2.24) is 0 Å². The summed E-state index contributed by atoms with van der Waals surface area (Å²) in [5.41, 5.74) is 0.676. The summed E-state index contributed by atoms with van der Waals surface area (Å²) in [7, 11) is -3.10. The Kier molecular flexibility index (Phi) is 5.35. The molecule has 0 fully saturated rings. The SMILES string of the molecule is CC(C)S(=O)(=O)CCOc1ccc(CC(=O)O)cc1. The Morgan fingerprint density at radius 2 is 1.84 bits per heavy atom. The minimum Gasteiger partial charge on any atom is -0.493 e. The largest absolute Gasteiger partial charge is 0.493 e. The molecular formula is C13H18O5S. The lowest BCUT2D eigenvalue weighted by Crippen LogP contribution is -2.22. The van der Waals surface area contributed by atoms with E-state index in [9.17, 15) is 13.2 Å². The fourth-order valence-corrected chi connectivity index (χ4v) is 2.18. The summed E-state index contributed by atoms with van der Waals surface area (Å²) < 4.78 is 28.4. The van der Waals surface area contributed by atoms with Crippen LogP contribution >= 0.6 is 0 Å². The van der Waals surface area contributed by atoms with Gasteiger partial charge in [0.1, 0.15) is 12.4 Å². The predicted octanol–water partition coefficient (Wildman–Crippen LogP) is 1.52. The first-order chi connectivity index (χ1) is 8.81. The monoisotopic (exact) mass is 286 g/mol. The molecule has 19 heavy (non-hydrogen) atoms. The van der Waals surface area contributed by atoms with E-state index >= 15 is 0 Å². The van der Waals surface area contributed by atoms with Gasteiger partial charge in [0.2, 0.25) is 0 Å². The van der Waals surface area contributed by atoms with Gasteiger partial charge in [-0.2, -0.15) is 0 Å². The zero-order valence-electron chi connectivity index (χ0n) is 11.0. The van der Waals surface area contributed by atoms with Gasteiger partial charge in [0.05, 0.1) is 17.4 Å². The van der Waals surface area contributed by atoms with E-state index in [4.69, 9.17) is 9.84 Å². The van der Waals surface area contributed by atoms with Gasteiger partial charge in [-0.05, 0) is 31.5 Å². The highest BCUT2D eigenvalue weighted by molar-refractivity contribution is 7.91. The van der Waals surface area contributed by atoms with E-state index in [1.165, 1.54) is 0 Å². The number of hydrogen-bond donors (Lipinski definition) is 1. The van der Waals surface area contributed by atoms with E-state index in [1.54, 1.807) is 38.1 Å². The minimum absolute atomic E-state index is 0.0262. The summed E-state index contributed by atoms with van der Waals surface area (Å²) in [6, 6.07) is 6.58. The number of aliphatic carboxylic acids is 1. The third-order valence-corrected chi connectivity index (χ3v) is 4.81. The molecule has 0 unspecified atom stereocenters. The number of carboxylic acid groups (broad SMARTS) is 1. The van der Waals surface area contributed by atoms with Crippen LogP contribution in [0.4, 0.5) is 0 Å². The van der Waals surface area contributed by atoms with E-state index in [2.05, 4.69) is 0 Å². The van der Waals surface area contributed by atoms with Crippen LogP contribution in [0.2, 0.25) is 0 Å². The van der Waals surface area contributed by atoms with Crippen LogP contribution in [0.25, 0.3) is 0 Å². The van der Waals surface area contributed by atoms with Gasteiger partial charge >= 0.3 is 5.97 Å². The smallest absolute Gasteiger partial charge is 0.307 e. The first kappa shape index (κ1) is 15.5. The van der Waals surface area contributed by atoms with Crippen molar-refractivity contribution in [2.24, 2.45) is 0 Å². The number of benzene rings is 1. The number of rotatable bonds is 7. The zero-order valence-corrected chi connectivity index (χ0v) is 11.8. The Labute approximate surface area is 113 Å². The minimum atomic E-state index is -3.10. The third kappa shape index (κ3) is 5.30. The molecule has 0 aliphatic heterocycles. The summed E-state index contributed by atoms with van der Waals surface area (Å²) in [4.78, 5) is 10.5. The van der Waals surface area contributed by atoms with Crippen molar-refractivity contribution >= 4 is 15.8 Å².